The SMILES string of the molecule is Cn1cccc1C(=O)Nc1ccccc1C(=O)Nc1n[nH]c2cc(C(=O)NC(C)(C)c3ccccc3)oc12. The van der Waals surface area contributed by atoms with E-state index in [1.54, 1.807) is 54.2 Å². The number of furan rings is 1. The molecule has 0 bridgehead atoms. The van der Waals surface area contributed by atoms with E-state index in [1.165, 1.54) is 6.07 Å². The monoisotopic (exact) mass is 510 g/mol. The van der Waals surface area contributed by atoms with Crippen LogP contribution in [0.2, 0.25) is 0 Å². The lowest BCUT2D eigenvalue weighted by Gasteiger charge is -2.26. The molecule has 192 valence electrons. The number of hydrogen-bond acceptors (Lipinski definition) is 5. The number of benzene rings is 2. The Labute approximate surface area is 218 Å². The van der Waals surface area contributed by atoms with Crippen LogP contribution < -0.4 is 16.0 Å². The van der Waals surface area contributed by atoms with Crippen LogP contribution in [-0.4, -0.2) is 32.5 Å². The molecule has 10 heteroatoms. The van der Waals surface area contributed by atoms with Crippen LogP contribution >= 0.6 is 0 Å². The number of aromatic nitrogens is 3. The molecule has 3 aromatic heterocycles. The molecule has 5 rings (SSSR count). The number of nitrogens with zero attached hydrogens (tertiary/aromatic N) is 2. The Morgan fingerprint density at radius 1 is 0.895 bits per heavy atom. The van der Waals surface area contributed by atoms with Crippen molar-refractivity contribution in [3.8, 4) is 0 Å². The summed E-state index contributed by atoms with van der Waals surface area (Å²) in [7, 11) is 1.76. The maximum Gasteiger partial charge on any atom is 0.287 e. The Hall–Kier alpha value is -5.12. The topological polar surface area (TPSA) is 134 Å². The minimum Gasteiger partial charge on any atom is -0.445 e. The molecule has 0 saturated carbocycles. The first-order valence-electron chi connectivity index (χ1n) is 11.9. The fourth-order valence-corrected chi connectivity index (χ4v) is 4.13. The van der Waals surface area contributed by atoms with Crippen LogP contribution in [0.25, 0.3) is 11.1 Å². The van der Waals surface area contributed by atoms with Crippen LogP contribution in [0.5, 0.6) is 0 Å². The fraction of sp³-hybridized carbons (Fsp3) is 0.143. The van der Waals surface area contributed by atoms with E-state index in [9.17, 15) is 14.4 Å². The third-order valence-corrected chi connectivity index (χ3v) is 6.21. The van der Waals surface area contributed by atoms with Crippen LogP contribution in [0.3, 0.4) is 0 Å². The van der Waals surface area contributed by atoms with E-state index in [0.29, 0.717) is 16.9 Å². The van der Waals surface area contributed by atoms with Crippen molar-refractivity contribution in [2.24, 2.45) is 7.05 Å². The van der Waals surface area contributed by atoms with Gasteiger partial charge in [0.2, 0.25) is 0 Å². The first-order valence-corrected chi connectivity index (χ1v) is 11.9. The highest BCUT2D eigenvalue weighted by atomic mass is 16.3. The van der Waals surface area contributed by atoms with Crippen LogP contribution in [0.15, 0.2) is 83.4 Å². The molecule has 4 N–H and O–H groups in total. The standard InChI is InChI=1S/C28H26N6O4/c1-28(2,17-10-5-4-6-11-17)31-27(37)22-16-20-23(38-22)24(33-32-20)30-25(35)18-12-7-8-13-19(18)29-26(36)21-14-9-15-34(21)3/h4-16H,1-3H3,(H,29,36)(H,31,37)(H2,30,32,33,35). The minimum absolute atomic E-state index is 0.0726. The number of hydrogen-bond donors (Lipinski definition) is 4. The number of fused-ring (bicyclic) bond motifs is 1. The molecule has 38 heavy (non-hydrogen) atoms. The van der Waals surface area contributed by atoms with E-state index in [0.717, 1.165) is 5.56 Å². The molecule has 3 amide bonds. The lowest BCUT2D eigenvalue weighted by atomic mass is 9.94. The lowest BCUT2D eigenvalue weighted by molar-refractivity contribution is 0.0885. The first-order chi connectivity index (χ1) is 18.2. The Bertz CT molecular complexity index is 1640. The van der Waals surface area contributed by atoms with Gasteiger partial charge in [0.25, 0.3) is 17.7 Å². The maximum atomic E-state index is 13.2. The molecule has 5 aromatic rings. The summed E-state index contributed by atoms with van der Waals surface area (Å²) in [5, 5.41) is 15.3. The zero-order chi connectivity index (χ0) is 26.9. The zero-order valence-electron chi connectivity index (χ0n) is 21.0. The van der Waals surface area contributed by atoms with Crippen molar-refractivity contribution in [3.05, 3.63) is 102 Å². The van der Waals surface area contributed by atoms with E-state index in [2.05, 4.69) is 26.1 Å². The molecular formula is C28H26N6O4. The van der Waals surface area contributed by atoms with E-state index < -0.39 is 17.4 Å². The van der Waals surface area contributed by atoms with Crippen LogP contribution in [-0.2, 0) is 12.6 Å². The summed E-state index contributed by atoms with van der Waals surface area (Å²) in [6.07, 6.45) is 1.76. The number of aryl methyl sites for hydroxylation is 1. The second-order valence-electron chi connectivity index (χ2n) is 9.33. The number of H-pyrrole nitrogens is 1. The Morgan fingerprint density at radius 3 is 2.37 bits per heavy atom. The predicted octanol–water partition coefficient (Wildman–Crippen LogP) is 4.66. The van der Waals surface area contributed by atoms with E-state index in [-0.39, 0.29) is 28.6 Å². The number of amides is 3. The van der Waals surface area contributed by atoms with Gasteiger partial charge >= 0.3 is 0 Å². The molecule has 3 heterocycles. The highest BCUT2D eigenvalue weighted by molar-refractivity contribution is 6.13. The summed E-state index contributed by atoms with van der Waals surface area (Å²) in [6.45, 7) is 3.80. The first kappa shape index (κ1) is 24.6. The van der Waals surface area contributed by atoms with Crippen molar-refractivity contribution >= 4 is 40.3 Å². The van der Waals surface area contributed by atoms with E-state index in [4.69, 9.17) is 4.42 Å². The molecule has 0 radical (unpaired) electrons. The number of carbonyl (C=O) groups excluding carboxylic acids is 3. The van der Waals surface area contributed by atoms with Gasteiger partial charge in [0, 0.05) is 19.3 Å². The normalized spacial score (nSPS) is 11.3. The average molecular weight is 511 g/mol. The predicted molar refractivity (Wildman–Crippen MR) is 143 cm³/mol. The van der Waals surface area contributed by atoms with Crippen molar-refractivity contribution in [3.63, 3.8) is 0 Å². The molecule has 0 unspecified atom stereocenters. The Kier molecular flexibility index (Phi) is 6.29. The molecule has 0 saturated heterocycles. The molecular weight excluding hydrogens is 484 g/mol. The molecule has 0 atom stereocenters. The van der Waals surface area contributed by atoms with Gasteiger partial charge in [-0.3, -0.25) is 19.5 Å². The Morgan fingerprint density at radius 2 is 1.63 bits per heavy atom. The minimum atomic E-state index is -0.637. The molecule has 0 aliphatic heterocycles. The number of aromatic amines is 1. The number of nitrogens with one attached hydrogen (secondary N) is 4. The van der Waals surface area contributed by atoms with Crippen molar-refractivity contribution in [1.82, 2.24) is 20.1 Å². The van der Waals surface area contributed by atoms with E-state index in [1.807, 2.05) is 44.2 Å². The quantitative estimate of drug-likeness (QED) is 0.253. The Balaban J connectivity index is 1.33. The summed E-state index contributed by atoms with van der Waals surface area (Å²) in [6, 6.07) is 21.2. The highest BCUT2D eigenvalue weighted by Crippen LogP contribution is 2.27. The number of para-hydroxylation sites is 1. The van der Waals surface area contributed by atoms with Crippen molar-refractivity contribution in [1.29, 1.82) is 0 Å². The van der Waals surface area contributed by atoms with Crippen molar-refractivity contribution in [2.75, 3.05) is 10.6 Å². The van der Waals surface area contributed by atoms with Gasteiger partial charge in [0.15, 0.2) is 17.2 Å². The lowest BCUT2D eigenvalue weighted by Crippen LogP contribution is -2.40. The smallest absolute Gasteiger partial charge is 0.287 e. The van der Waals surface area contributed by atoms with Gasteiger partial charge in [-0.05, 0) is 43.7 Å². The number of rotatable bonds is 7. The molecule has 10 nitrogen and oxygen atoms in total. The van der Waals surface area contributed by atoms with Crippen LogP contribution in [0.4, 0.5) is 11.5 Å². The van der Waals surface area contributed by atoms with Gasteiger partial charge in [-0.25, -0.2) is 0 Å². The molecule has 0 fully saturated rings. The van der Waals surface area contributed by atoms with Gasteiger partial charge in [-0.1, -0.05) is 42.5 Å². The molecule has 2 aromatic carbocycles. The summed E-state index contributed by atoms with van der Waals surface area (Å²) in [5.74, 6) is -1.07. The highest BCUT2D eigenvalue weighted by Gasteiger charge is 2.26. The van der Waals surface area contributed by atoms with Crippen LogP contribution in [0.1, 0.15) is 50.8 Å². The zero-order valence-corrected chi connectivity index (χ0v) is 21.0. The third-order valence-electron chi connectivity index (χ3n) is 6.21. The van der Waals surface area contributed by atoms with Crippen molar-refractivity contribution in [2.45, 2.75) is 19.4 Å². The summed E-state index contributed by atoms with van der Waals surface area (Å²) in [5.41, 5.74) is 2.01. The maximum absolute atomic E-state index is 13.2. The largest absolute Gasteiger partial charge is 0.445 e. The van der Waals surface area contributed by atoms with Gasteiger partial charge in [0.1, 0.15) is 11.2 Å². The van der Waals surface area contributed by atoms with Crippen LogP contribution in [0, 0.1) is 0 Å². The molecule has 0 aliphatic carbocycles. The molecule has 0 spiro atoms. The molecule has 0 aliphatic rings. The summed E-state index contributed by atoms with van der Waals surface area (Å²) in [4.78, 5) is 38.8. The summed E-state index contributed by atoms with van der Waals surface area (Å²) >= 11 is 0. The van der Waals surface area contributed by atoms with Crippen molar-refractivity contribution < 1.29 is 18.8 Å². The van der Waals surface area contributed by atoms with Gasteiger partial charge in [-0.2, -0.15) is 5.10 Å². The average Bonchev–Trinajstić information content (AvgIpc) is 3.62. The number of carbonyl (C=O) groups is 3. The second kappa shape index (κ2) is 9.74. The summed E-state index contributed by atoms with van der Waals surface area (Å²) < 4.78 is 7.47. The van der Waals surface area contributed by atoms with E-state index >= 15 is 0 Å². The van der Waals surface area contributed by atoms with Gasteiger partial charge < -0.3 is 24.9 Å². The fourth-order valence-electron chi connectivity index (χ4n) is 4.13. The number of anilines is 2. The third kappa shape index (κ3) is 4.79. The second-order valence-corrected chi connectivity index (χ2v) is 9.33. The van der Waals surface area contributed by atoms with Gasteiger partial charge in [0.05, 0.1) is 16.8 Å². The van der Waals surface area contributed by atoms with Gasteiger partial charge in [-0.15, -0.1) is 0 Å².